The highest BCUT2D eigenvalue weighted by Gasteiger charge is 2.09. The van der Waals surface area contributed by atoms with Gasteiger partial charge in [0.25, 0.3) is 0 Å². The monoisotopic (exact) mass is 354 g/mol. The van der Waals surface area contributed by atoms with Crippen molar-refractivity contribution < 1.29 is 4.79 Å². The molecule has 0 aromatic carbocycles. The summed E-state index contributed by atoms with van der Waals surface area (Å²) in [4.78, 5) is 29.1. The van der Waals surface area contributed by atoms with Gasteiger partial charge in [-0.2, -0.15) is 0 Å². The molecule has 3 aromatic heterocycles. The number of nitrogens with one attached hydrogen (secondary N) is 2. The predicted molar refractivity (Wildman–Crippen MR) is 96.7 cm³/mol. The number of anilines is 2. The van der Waals surface area contributed by atoms with E-state index in [-0.39, 0.29) is 12.3 Å². The molecule has 0 aliphatic carbocycles. The zero-order valence-corrected chi connectivity index (χ0v) is 14.8. The normalized spacial score (nSPS) is 10.5. The number of carbonyl (C=O) groups excluding carboxylic acids is 1. The molecule has 25 heavy (non-hydrogen) atoms. The highest BCUT2D eigenvalue weighted by Crippen LogP contribution is 2.19. The van der Waals surface area contributed by atoms with Gasteiger partial charge < -0.3 is 10.6 Å². The summed E-state index contributed by atoms with van der Waals surface area (Å²) in [5.74, 6) is 0.433. The molecule has 0 unspecified atom stereocenters. The van der Waals surface area contributed by atoms with Crippen molar-refractivity contribution >= 4 is 28.3 Å². The molecule has 3 aromatic rings. The second kappa shape index (κ2) is 7.80. The van der Waals surface area contributed by atoms with Gasteiger partial charge in [-0.1, -0.05) is 6.07 Å². The molecule has 1 amide bonds. The van der Waals surface area contributed by atoms with E-state index in [0.717, 1.165) is 17.0 Å². The van der Waals surface area contributed by atoms with E-state index < -0.39 is 0 Å². The Hall–Kier alpha value is -2.87. The first kappa shape index (κ1) is 17.0. The zero-order chi connectivity index (χ0) is 17.6. The number of pyridine rings is 1. The molecule has 0 radical (unpaired) electrons. The van der Waals surface area contributed by atoms with Crippen LogP contribution in [0.1, 0.15) is 22.6 Å². The summed E-state index contributed by atoms with van der Waals surface area (Å²) in [5.41, 5.74) is 3.45. The number of thiazole rings is 1. The Bertz CT molecular complexity index is 844. The van der Waals surface area contributed by atoms with E-state index in [4.69, 9.17) is 0 Å². The number of nitrogens with zero attached hydrogens (tertiary/aromatic N) is 4. The maximum Gasteiger partial charge on any atom is 0.229 e. The standard InChI is InChI=1S/C17H18N6OS/c1-11-6-12(2)21-16(20-11)23-17-22-14(10-25-17)7-15(24)19-9-13-4-3-5-18-8-13/h3-6,8,10H,7,9H2,1-2H3,(H,19,24)(H,20,21,22,23). The lowest BCUT2D eigenvalue weighted by molar-refractivity contribution is -0.120. The van der Waals surface area contributed by atoms with Crippen LogP contribution in [-0.4, -0.2) is 25.8 Å². The van der Waals surface area contributed by atoms with Crippen molar-refractivity contribution in [3.63, 3.8) is 0 Å². The molecule has 3 heterocycles. The number of amides is 1. The van der Waals surface area contributed by atoms with Gasteiger partial charge in [0.15, 0.2) is 5.13 Å². The van der Waals surface area contributed by atoms with Gasteiger partial charge in [0.2, 0.25) is 11.9 Å². The van der Waals surface area contributed by atoms with E-state index in [1.807, 2.05) is 37.4 Å². The molecule has 0 saturated carbocycles. The molecular formula is C17H18N6OS. The van der Waals surface area contributed by atoms with Crippen LogP contribution in [0.25, 0.3) is 0 Å². The zero-order valence-electron chi connectivity index (χ0n) is 14.0. The van der Waals surface area contributed by atoms with Crippen LogP contribution in [-0.2, 0) is 17.8 Å². The number of aryl methyl sites for hydroxylation is 2. The summed E-state index contributed by atoms with van der Waals surface area (Å²) in [5, 5.41) is 8.47. The molecule has 0 aliphatic heterocycles. The van der Waals surface area contributed by atoms with Crippen molar-refractivity contribution in [2.45, 2.75) is 26.8 Å². The van der Waals surface area contributed by atoms with Gasteiger partial charge in [0, 0.05) is 35.7 Å². The summed E-state index contributed by atoms with van der Waals surface area (Å²) in [7, 11) is 0. The van der Waals surface area contributed by atoms with Crippen LogP contribution < -0.4 is 10.6 Å². The number of hydrogen-bond donors (Lipinski definition) is 2. The predicted octanol–water partition coefficient (Wildman–Crippen LogP) is 2.55. The van der Waals surface area contributed by atoms with Crippen molar-refractivity contribution in [3.8, 4) is 0 Å². The Labute approximate surface area is 149 Å². The fourth-order valence-electron chi connectivity index (χ4n) is 2.25. The van der Waals surface area contributed by atoms with Crippen molar-refractivity contribution in [3.05, 3.63) is 58.6 Å². The Morgan fingerprint density at radius 3 is 2.72 bits per heavy atom. The highest BCUT2D eigenvalue weighted by molar-refractivity contribution is 7.13. The smallest absolute Gasteiger partial charge is 0.229 e. The molecule has 0 aliphatic rings. The maximum absolute atomic E-state index is 12.0. The highest BCUT2D eigenvalue weighted by atomic mass is 32.1. The summed E-state index contributed by atoms with van der Waals surface area (Å²) in [6.07, 6.45) is 3.66. The lowest BCUT2D eigenvalue weighted by atomic mass is 10.2. The first-order valence-electron chi connectivity index (χ1n) is 7.78. The first-order valence-corrected chi connectivity index (χ1v) is 8.66. The van der Waals surface area contributed by atoms with Gasteiger partial charge in [0.05, 0.1) is 12.1 Å². The molecule has 3 rings (SSSR count). The van der Waals surface area contributed by atoms with Crippen LogP contribution in [0.5, 0.6) is 0 Å². The van der Waals surface area contributed by atoms with E-state index in [9.17, 15) is 4.79 Å². The molecule has 0 saturated heterocycles. The van der Waals surface area contributed by atoms with E-state index in [2.05, 4.69) is 30.6 Å². The molecule has 0 fully saturated rings. The first-order chi connectivity index (χ1) is 12.1. The van der Waals surface area contributed by atoms with Gasteiger partial charge in [-0.15, -0.1) is 11.3 Å². The average Bonchev–Trinajstić information content (AvgIpc) is 3.00. The quantitative estimate of drug-likeness (QED) is 0.707. The van der Waals surface area contributed by atoms with E-state index >= 15 is 0 Å². The molecule has 0 atom stereocenters. The second-order valence-corrected chi connectivity index (χ2v) is 6.42. The fourth-order valence-corrected chi connectivity index (χ4v) is 2.96. The van der Waals surface area contributed by atoms with Crippen molar-refractivity contribution in [1.29, 1.82) is 0 Å². The molecule has 2 N–H and O–H groups in total. The van der Waals surface area contributed by atoms with Gasteiger partial charge in [-0.25, -0.2) is 15.0 Å². The van der Waals surface area contributed by atoms with Gasteiger partial charge in [-0.05, 0) is 31.5 Å². The van der Waals surface area contributed by atoms with Crippen LogP contribution in [0.3, 0.4) is 0 Å². The van der Waals surface area contributed by atoms with Crippen LogP contribution in [0, 0.1) is 13.8 Å². The maximum atomic E-state index is 12.0. The van der Waals surface area contributed by atoms with Gasteiger partial charge >= 0.3 is 0 Å². The third-order valence-corrected chi connectivity index (χ3v) is 4.11. The molecular weight excluding hydrogens is 336 g/mol. The van der Waals surface area contributed by atoms with Crippen LogP contribution >= 0.6 is 11.3 Å². The third-order valence-electron chi connectivity index (χ3n) is 3.31. The molecule has 7 nitrogen and oxygen atoms in total. The average molecular weight is 354 g/mol. The summed E-state index contributed by atoms with van der Waals surface area (Å²) in [6.45, 7) is 4.29. The molecule has 0 spiro atoms. The minimum absolute atomic E-state index is 0.0802. The topological polar surface area (TPSA) is 92.7 Å². The Morgan fingerprint density at radius 2 is 2.00 bits per heavy atom. The van der Waals surface area contributed by atoms with Crippen molar-refractivity contribution in [2.24, 2.45) is 0 Å². The minimum atomic E-state index is -0.0802. The molecule has 8 heteroatoms. The SMILES string of the molecule is Cc1cc(C)nc(Nc2nc(CC(=O)NCc3cccnc3)cs2)n1. The summed E-state index contributed by atoms with van der Waals surface area (Å²) in [6, 6.07) is 5.67. The largest absolute Gasteiger partial charge is 0.352 e. The van der Waals surface area contributed by atoms with Crippen LogP contribution in [0.15, 0.2) is 36.0 Å². The van der Waals surface area contributed by atoms with Crippen LogP contribution in [0.2, 0.25) is 0 Å². The summed E-state index contributed by atoms with van der Waals surface area (Å²) >= 11 is 1.42. The van der Waals surface area contributed by atoms with Gasteiger partial charge in [-0.3, -0.25) is 9.78 Å². The fraction of sp³-hybridized carbons (Fsp3) is 0.235. The van der Waals surface area contributed by atoms with Gasteiger partial charge in [0.1, 0.15) is 0 Å². The molecule has 0 bridgehead atoms. The van der Waals surface area contributed by atoms with E-state index in [0.29, 0.717) is 23.3 Å². The lowest BCUT2D eigenvalue weighted by Crippen LogP contribution is -2.24. The number of hydrogen-bond acceptors (Lipinski definition) is 7. The van der Waals surface area contributed by atoms with Crippen LogP contribution in [0.4, 0.5) is 11.1 Å². The minimum Gasteiger partial charge on any atom is -0.352 e. The Kier molecular flexibility index (Phi) is 5.30. The summed E-state index contributed by atoms with van der Waals surface area (Å²) < 4.78 is 0. The van der Waals surface area contributed by atoms with Crippen molar-refractivity contribution in [1.82, 2.24) is 25.3 Å². The van der Waals surface area contributed by atoms with Crippen molar-refractivity contribution in [2.75, 3.05) is 5.32 Å². The third kappa shape index (κ3) is 5.05. The van der Waals surface area contributed by atoms with E-state index in [1.54, 1.807) is 12.4 Å². The Balaban J connectivity index is 1.55. The molecule has 128 valence electrons. The number of rotatable bonds is 6. The number of carbonyl (C=O) groups is 1. The number of aromatic nitrogens is 4. The lowest BCUT2D eigenvalue weighted by Gasteiger charge is -2.04. The Morgan fingerprint density at radius 1 is 1.20 bits per heavy atom. The second-order valence-electron chi connectivity index (χ2n) is 5.56. The van der Waals surface area contributed by atoms with E-state index in [1.165, 1.54) is 11.3 Å².